The van der Waals surface area contributed by atoms with Crippen molar-refractivity contribution < 1.29 is 0 Å². The number of thiazole rings is 1. The molecule has 2 heterocycles. The largest absolute Gasteiger partial charge is 0.311 e. The zero-order valence-corrected chi connectivity index (χ0v) is 13.5. The minimum absolute atomic E-state index is 0.268. The molecule has 1 aromatic rings. The van der Waals surface area contributed by atoms with Crippen molar-refractivity contribution >= 4 is 11.3 Å². The average Bonchev–Trinajstić information content (AvgIpc) is 2.80. The van der Waals surface area contributed by atoms with Crippen molar-refractivity contribution in [2.45, 2.75) is 65.1 Å². The third kappa shape index (κ3) is 3.56. The second-order valence-corrected chi connectivity index (χ2v) is 6.92. The highest BCUT2D eigenvalue weighted by atomic mass is 32.1. The van der Waals surface area contributed by atoms with E-state index < -0.39 is 0 Å². The molecule has 0 bridgehead atoms. The predicted molar refractivity (Wildman–Crippen MR) is 82.7 cm³/mol. The van der Waals surface area contributed by atoms with Gasteiger partial charge in [0.25, 0.3) is 0 Å². The Kier molecular flexibility index (Phi) is 4.98. The number of nitrogens with one attached hydrogen (secondary N) is 1. The molecular formula is C15H27N3S. The summed E-state index contributed by atoms with van der Waals surface area (Å²) in [5.74, 6) is 0. The van der Waals surface area contributed by atoms with Crippen LogP contribution in [0.15, 0.2) is 5.38 Å². The van der Waals surface area contributed by atoms with Crippen LogP contribution in [0.4, 0.5) is 0 Å². The molecule has 0 radical (unpaired) electrons. The lowest BCUT2D eigenvalue weighted by Crippen LogP contribution is -2.62. The normalized spacial score (nSPS) is 28.7. The second-order valence-electron chi connectivity index (χ2n) is 5.98. The molecular weight excluding hydrogens is 254 g/mol. The van der Waals surface area contributed by atoms with Gasteiger partial charge in [-0.15, -0.1) is 11.3 Å². The van der Waals surface area contributed by atoms with E-state index in [1.54, 1.807) is 11.3 Å². The predicted octanol–water partition coefficient (Wildman–Crippen LogP) is 3.19. The summed E-state index contributed by atoms with van der Waals surface area (Å²) in [5, 5.41) is 7.14. The van der Waals surface area contributed by atoms with Crippen LogP contribution in [0.2, 0.25) is 0 Å². The quantitative estimate of drug-likeness (QED) is 0.898. The molecule has 1 aromatic heterocycles. The molecule has 19 heavy (non-hydrogen) atoms. The first kappa shape index (κ1) is 14.9. The monoisotopic (exact) mass is 281 g/mol. The third-order valence-electron chi connectivity index (χ3n) is 4.37. The fourth-order valence-corrected chi connectivity index (χ4v) is 3.60. The van der Waals surface area contributed by atoms with Gasteiger partial charge in [-0.3, -0.25) is 4.90 Å². The van der Waals surface area contributed by atoms with Crippen LogP contribution >= 0.6 is 11.3 Å². The molecule has 1 fully saturated rings. The first-order valence-corrected chi connectivity index (χ1v) is 8.35. The smallest absolute Gasteiger partial charge is 0.107 e. The highest BCUT2D eigenvalue weighted by molar-refractivity contribution is 7.09. The maximum Gasteiger partial charge on any atom is 0.107 e. The molecule has 4 heteroatoms. The van der Waals surface area contributed by atoms with E-state index in [1.807, 2.05) is 0 Å². The van der Waals surface area contributed by atoms with Crippen molar-refractivity contribution in [2.75, 3.05) is 13.1 Å². The zero-order valence-electron chi connectivity index (χ0n) is 12.7. The van der Waals surface area contributed by atoms with E-state index in [-0.39, 0.29) is 5.54 Å². The van der Waals surface area contributed by atoms with Crippen LogP contribution in [0.1, 0.15) is 50.7 Å². The minimum Gasteiger partial charge on any atom is -0.311 e. The lowest BCUT2D eigenvalue weighted by molar-refractivity contribution is 0.0396. The molecule has 1 aliphatic heterocycles. The number of nitrogens with zero attached hydrogens (tertiary/aromatic N) is 2. The molecule has 2 unspecified atom stereocenters. The first-order valence-electron chi connectivity index (χ1n) is 7.47. The van der Waals surface area contributed by atoms with Crippen LogP contribution in [0.25, 0.3) is 0 Å². The van der Waals surface area contributed by atoms with Gasteiger partial charge in [0.2, 0.25) is 0 Å². The number of hydrogen-bond donors (Lipinski definition) is 1. The van der Waals surface area contributed by atoms with Gasteiger partial charge in [-0.05, 0) is 26.7 Å². The molecule has 0 saturated carbocycles. The summed E-state index contributed by atoms with van der Waals surface area (Å²) in [5.41, 5.74) is 1.42. The van der Waals surface area contributed by atoms with Crippen LogP contribution < -0.4 is 5.32 Å². The third-order valence-corrected chi connectivity index (χ3v) is 5.32. The standard InChI is InChI=1S/C15H27N3S/c1-5-7-13-8-18(15(4,6-2)11-16-13)9-14-17-12(3)10-19-14/h10,13,16H,5-9,11H2,1-4H3. The molecule has 1 saturated heterocycles. The van der Waals surface area contributed by atoms with Crippen LogP contribution in [-0.2, 0) is 6.54 Å². The molecule has 1 N–H and O–H groups in total. The Labute approximate surface area is 121 Å². The Morgan fingerprint density at radius 2 is 2.32 bits per heavy atom. The van der Waals surface area contributed by atoms with E-state index >= 15 is 0 Å². The van der Waals surface area contributed by atoms with E-state index in [0.29, 0.717) is 6.04 Å². The lowest BCUT2D eigenvalue weighted by atomic mass is 9.91. The molecule has 0 spiro atoms. The summed E-state index contributed by atoms with van der Waals surface area (Å²) in [6, 6.07) is 0.644. The molecule has 1 aliphatic rings. The van der Waals surface area contributed by atoms with Gasteiger partial charge in [0.15, 0.2) is 0 Å². The van der Waals surface area contributed by atoms with E-state index in [0.717, 1.165) is 25.3 Å². The Bertz CT molecular complexity index is 404. The maximum absolute atomic E-state index is 4.63. The summed E-state index contributed by atoms with van der Waals surface area (Å²) in [4.78, 5) is 7.27. The van der Waals surface area contributed by atoms with Crippen LogP contribution in [-0.4, -0.2) is 34.6 Å². The Balaban J connectivity index is 2.07. The van der Waals surface area contributed by atoms with Gasteiger partial charge < -0.3 is 5.32 Å². The lowest BCUT2D eigenvalue weighted by Gasteiger charge is -2.47. The SMILES string of the molecule is CCCC1CN(Cc2nc(C)cs2)C(C)(CC)CN1. The van der Waals surface area contributed by atoms with E-state index in [4.69, 9.17) is 0 Å². The highest BCUT2D eigenvalue weighted by Crippen LogP contribution is 2.26. The van der Waals surface area contributed by atoms with Crippen molar-refractivity contribution in [3.8, 4) is 0 Å². The van der Waals surface area contributed by atoms with Gasteiger partial charge in [0, 0.05) is 35.7 Å². The molecule has 0 aliphatic carbocycles. The van der Waals surface area contributed by atoms with Crippen LogP contribution in [0.3, 0.4) is 0 Å². The maximum atomic E-state index is 4.63. The van der Waals surface area contributed by atoms with E-state index in [1.165, 1.54) is 24.3 Å². The molecule has 0 amide bonds. The van der Waals surface area contributed by atoms with Crippen molar-refractivity contribution in [1.29, 1.82) is 0 Å². The van der Waals surface area contributed by atoms with Crippen molar-refractivity contribution in [3.63, 3.8) is 0 Å². The fraction of sp³-hybridized carbons (Fsp3) is 0.800. The fourth-order valence-electron chi connectivity index (χ4n) is 2.81. The van der Waals surface area contributed by atoms with Gasteiger partial charge >= 0.3 is 0 Å². The second kappa shape index (κ2) is 6.33. The number of hydrogen-bond acceptors (Lipinski definition) is 4. The highest BCUT2D eigenvalue weighted by Gasteiger charge is 2.36. The van der Waals surface area contributed by atoms with E-state index in [2.05, 4.69) is 48.3 Å². The summed E-state index contributed by atoms with van der Waals surface area (Å²) in [6.45, 7) is 12.3. The summed E-state index contributed by atoms with van der Waals surface area (Å²) in [6.07, 6.45) is 3.71. The van der Waals surface area contributed by atoms with E-state index in [9.17, 15) is 0 Å². The molecule has 2 rings (SSSR count). The topological polar surface area (TPSA) is 28.2 Å². The molecule has 0 aromatic carbocycles. The molecule has 3 nitrogen and oxygen atoms in total. The summed E-state index contributed by atoms with van der Waals surface area (Å²) in [7, 11) is 0. The number of aromatic nitrogens is 1. The van der Waals surface area contributed by atoms with Crippen molar-refractivity contribution in [3.05, 3.63) is 16.1 Å². The molecule has 108 valence electrons. The van der Waals surface area contributed by atoms with Crippen LogP contribution in [0.5, 0.6) is 0 Å². The van der Waals surface area contributed by atoms with Crippen molar-refractivity contribution in [2.24, 2.45) is 0 Å². The first-order chi connectivity index (χ1) is 9.07. The van der Waals surface area contributed by atoms with Gasteiger partial charge in [0.05, 0.1) is 6.54 Å². The minimum atomic E-state index is 0.268. The van der Waals surface area contributed by atoms with Gasteiger partial charge in [-0.2, -0.15) is 0 Å². The average molecular weight is 281 g/mol. The van der Waals surface area contributed by atoms with Gasteiger partial charge in [0.1, 0.15) is 5.01 Å². The number of rotatable bonds is 5. The Morgan fingerprint density at radius 3 is 2.89 bits per heavy atom. The van der Waals surface area contributed by atoms with Crippen LogP contribution in [0, 0.1) is 6.92 Å². The number of aryl methyl sites for hydroxylation is 1. The molecule has 2 atom stereocenters. The zero-order chi connectivity index (χ0) is 13.9. The van der Waals surface area contributed by atoms with Crippen molar-refractivity contribution in [1.82, 2.24) is 15.2 Å². The summed E-state index contributed by atoms with van der Waals surface area (Å²) >= 11 is 1.80. The summed E-state index contributed by atoms with van der Waals surface area (Å²) < 4.78 is 0. The van der Waals surface area contributed by atoms with Gasteiger partial charge in [-0.1, -0.05) is 20.3 Å². The van der Waals surface area contributed by atoms with Gasteiger partial charge in [-0.25, -0.2) is 4.98 Å². The Hall–Kier alpha value is -0.450. The number of piperazine rings is 1. The Morgan fingerprint density at radius 1 is 1.53 bits per heavy atom.